The Morgan fingerprint density at radius 3 is 2.72 bits per heavy atom. The lowest BCUT2D eigenvalue weighted by molar-refractivity contribution is -0.116. The Labute approximate surface area is 248 Å². The second kappa shape index (κ2) is 12.5. The number of nitrogens with zero attached hydrogens (tertiary/aromatic N) is 4. The molecule has 0 unspecified atom stereocenters. The number of anilines is 1. The number of hydrogen-bond acceptors (Lipinski definition) is 7. The van der Waals surface area contributed by atoms with Gasteiger partial charge in [-0.05, 0) is 86.8 Å². The van der Waals surface area contributed by atoms with Crippen LogP contribution in [0.2, 0.25) is 0 Å². The standard InChI is InChI=1S/C33H31FN6O3/c1-21-5-4-8-30(37-21)32-28(26-11-14-36-29-7-3-2-6-27(26)29)18-40(39-32)19-31(41)38-25-16-23(15-24(34)17-25)33(42)43-20-22-9-12-35-13-10-22/h2-8,11,14-18,22,35H,9-10,12-13,19-20H2,1H3,(H,38,41). The molecule has 5 aromatic rings. The van der Waals surface area contributed by atoms with E-state index in [0.717, 1.165) is 59.7 Å². The fourth-order valence-corrected chi connectivity index (χ4v) is 5.35. The van der Waals surface area contributed by atoms with Gasteiger partial charge in [-0.25, -0.2) is 9.18 Å². The summed E-state index contributed by atoms with van der Waals surface area (Å²) in [6.45, 7) is 3.82. The summed E-state index contributed by atoms with van der Waals surface area (Å²) < 4.78 is 21.4. The van der Waals surface area contributed by atoms with E-state index < -0.39 is 17.7 Å². The first kappa shape index (κ1) is 28.2. The minimum absolute atomic E-state index is 0.0444. The zero-order chi connectivity index (χ0) is 29.8. The number of carbonyl (C=O) groups excluding carboxylic acids is 2. The molecule has 6 rings (SSSR count). The molecule has 0 spiro atoms. The Kier molecular flexibility index (Phi) is 8.19. The highest BCUT2D eigenvalue weighted by atomic mass is 19.1. The molecule has 0 atom stereocenters. The topological polar surface area (TPSA) is 111 Å². The number of aryl methyl sites for hydroxylation is 1. The number of rotatable bonds is 8. The van der Waals surface area contributed by atoms with Gasteiger partial charge in [-0.3, -0.25) is 19.4 Å². The van der Waals surface area contributed by atoms with Crippen LogP contribution >= 0.6 is 0 Å². The number of hydrogen-bond donors (Lipinski definition) is 2. The van der Waals surface area contributed by atoms with Gasteiger partial charge < -0.3 is 15.4 Å². The Morgan fingerprint density at radius 2 is 1.88 bits per heavy atom. The zero-order valence-electron chi connectivity index (χ0n) is 23.7. The van der Waals surface area contributed by atoms with Crippen LogP contribution in [0.3, 0.4) is 0 Å². The number of nitrogens with one attached hydrogen (secondary N) is 2. The Hall–Kier alpha value is -4.96. The average molecular weight is 579 g/mol. The molecule has 3 aromatic heterocycles. The first-order valence-corrected chi connectivity index (χ1v) is 14.3. The van der Waals surface area contributed by atoms with Gasteiger partial charge in [-0.15, -0.1) is 0 Å². The van der Waals surface area contributed by atoms with Crippen LogP contribution in [0.1, 0.15) is 28.9 Å². The molecule has 43 heavy (non-hydrogen) atoms. The van der Waals surface area contributed by atoms with E-state index >= 15 is 0 Å². The van der Waals surface area contributed by atoms with Crippen molar-refractivity contribution in [3.63, 3.8) is 0 Å². The van der Waals surface area contributed by atoms with E-state index in [2.05, 4.69) is 20.6 Å². The third-order valence-corrected chi connectivity index (χ3v) is 7.46. The van der Waals surface area contributed by atoms with Gasteiger partial charge in [-0.2, -0.15) is 5.10 Å². The van der Waals surface area contributed by atoms with Gasteiger partial charge in [0.05, 0.1) is 23.4 Å². The number of esters is 1. The van der Waals surface area contributed by atoms with Crippen molar-refractivity contribution in [1.82, 2.24) is 25.1 Å². The maximum Gasteiger partial charge on any atom is 0.338 e. The number of amides is 1. The number of aromatic nitrogens is 4. The summed E-state index contributed by atoms with van der Waals surface area (Å²) in [5, 5.41) is 11.7. The average Bonchev–Trinajstić information content (AvgIpc) is 3.43. The van der Waals surface area contributed by atoms with Crippen molar-refractivity contribution < 1.29 is 18.7 Å². The summed E-state index contributed by atoms with van der Waals surface area (Å²) in [6.07, 6.45) is 5.39. The van der Waals surface area contributed by atoms with Crippen LogP contribution in [0.5, 0.6) is 0 Å². The minimum atomic E-state index is -0.648. The van der Waals surface area contributed by atoms with Gasteiger partial charge in [0.15, 0.2) is 0 Å². The monoisotopic (exact) mass is 578 g/mol. The first-order valence-electron chi connectivity index (χ1n) is 14.3. The van der Waals surface area contributed by atoms with E-state index in [9.17, 15) is 14.0 Å². The molecule has 1 fully saturated rings. The molecule has 2 N–H and O–H groups in total. The van der Waals surface area contributed by atoms with Crippen molar-refractivity contribution in [2.45, 2.75) is 26.3 Å². The largest absolute Gasteiger partial charge is 0.462 e. The summed E-state index contributed by atoms with van der Waals surface area (Å²) in [5.41, 5.74) is 4.89. The summed E-state index contributed by atoms with van der Waals surface area (Å²) >= 11 is 0. The predicted octanol–water partition coefficient (Wildman–Crippen LogP) is 5.40. The molecule has 218 valence electrons. The molecule has 0 aliphatic carbocycles. The molecular weight excluding hydrogens is 547 g/mol. The molecule has 0 radical (unpaired) electrons. The summed E-state index contributed by atoms with van der Waals surface area (Å²) in [5.74, 6) is -1.42. The van der Waals surface area contributed by atoms with E-state index in [1.807, 2.05) is 55.5 Å². The van der Waals surface area contributed by atoms with Gasteiger partial charge in [0, 0.05) is 34.7 Å². The summed E-state index contributed by atoms with van der Waals surface area (Å²) in [6, 6.07) is 19.1. The zero-order valence-corrected chi connectivity index (χ0v) is 23.7. The lowest BCUT2D eigenvalue weighted by Crippen LogP contribution is -2.30. The van der Waals surface area contributed by atoms with Gasteiger partial charge in [0.25, 0.3) is 0 Å². The van der Waals surface area contributed by atoms with E-state index in [1.165, 1.54) is 16.8 Å². The molecule has 0 bridgehead atoms. The molecule has 0 saturated carbocycles. The molecule has 2 aromatic carbocycles. The fraction of sp³-hybridized carbons (Fsp3) is 0.242. The van der Waals surface area contributed by atoms with Gasteiger partial charge in [0.1, 0.15) is 18.1 Å². The Bertz CT molecular complexity index is 1790. The number of ether oxygens (including phenoxy) is 1. The van der Waals surface area contributed by atoms with Gasteiger partial charge >= 0.3 is 5.97 Å². The summed E-state index contributed by atoms with van der Waals surface area (Å²) in [7, 11) is 0. The van der Waals surface area contributed by atoms with Crippen LogP contribution in [-0.2, 0) is 16.1 Å². The summed E-state index contributed by atoms with van der Waals surface area (Å²) in [4.78, 5) is 34.9. The predicted molar refractivity (Wildman–Crippen MR) is 162 cm³/mol. The van der Waals surface area contributed by atoms with Crippen LogP contribution in [0.4, 0.5) is 10.1 Å². The van der Waals surface area contributed by atoms with Gasteiger partial charge in [0.2, 0.25) is 5.91 Å². The Balaban J connectivity index is 1.23. The van der Waals surface area contributed by atoms with Crippen molar-refractivity contribution in [1.29, 1.82) is 0 Å². The van der Waals surface area contributed by atoms with Crippen LogP contribution in [-0.4, -0.2) is 51.3 Å². The molecule has 1 aliphatic heterocycles. The molecule has 4 heterocycles. The third-order valence-electron chi connectivity index (χ3n) is 7.46. The highest BCUT2D eigenvalue weighted by Gasteiger charge is 2.20. The van der Waals surface area contributed by atoms with Crippen molar-refractivity contribution >= 4 is 28.5 Å². The second-order valence-corrected chi connectivity index (χ2v) is 10.7. The van der Waals surface area contributed by atoms with E-state index in [4.69, 9.17) is 9.84 Å². The number of halogens is 1. The molecule has 1 saturated heterocycles. The van der Waals surface area contributed by atoms with E-state index in [0.29, 0.717) is 11.4 Å². The SMILES string of the molecule is Cc1cccc(-c2nn(CC(=O)Nc3cc(F)cc(C(=O)OCC4CCNCC4)c3)cc2-c2ccnc3ccccc23)n1. The number of carbonyl (C=O) groups is 2. The van der Waals surface area contributed by atoms with E-state index in [1.54, 1.807) is 12.4 Å². The number of benzene rings is 2. The number of para-hydroxylation sites is 1. The van der Waals surface area contributed by atoms with E-state index in [-0.39, 0.29) is 30.3 Å². The number of fused-ring (bicyclic) bond motifs is 1. The van der Waals surface area contributed by atoms with Crippen molar-refractivity contribution in [2.24, 2.45) is 5.92 Å². The van der Waals surface area contributed by atoms with Crippen LogP contribution in [0, 0.1) is 18.7 Å². The highest BCUT2D eigenvalue weighted by Crippen LogP contribution is 2.34. The smallest absolute Gasteiger partial charge is 0.338 e. The molecular formula is C33H31FN6O3. The minimum Gasteiger partial charge on any atom is -0.462 e. The molecule has 1 aliphatic rings. The second-order valence-electron chi connectivity index (χ2n) is 10.7. The van der Waals surface area contributed by atoms with Crippen LogP contribution in [0.15, 0.2) is 79.1 Å². The van der Waals surface area contributed by atoms with Crippen molar-refractivity contribution in [2.75, 3.05) is 25.0 Å². The van der Waals surface area contributed by atoms with Crippen LogP contribution < -0.4 is 10.6 Å². The van der Waals surface area contributed by atoms with Crippen molar-refractivity contribution in [3.8, 4) is 22.5 Å². The first-order chi connectivity index (χ1) is 20.9. The molecule has 1 amide bonds. The molecule has 9 nitrogen and oxygen atoms in total. The lowest BCUT2D eigenvalue weighted by Gasteiger charge is -2.22. The van der Waals surface area contributed by atoms with Crippen molar-refractivity contribution in [3.05, 3.63) is 96.2 Å². The third kappa shape index (κ3) is 6.60. The highest BCUT2D eigenvalue weighted by molar-refractivity contribution is 5.98. The lowest BCUT2D eigenvalue weighted by atomic mass is 9.99. The molecule has 10 heteroatoms. The maximum atomic E-state index is 14.5. The quantitative estimate of drug-likeness (QED) is 0.237. The maximum absolute atomic E-state index is 14.5. The fourth-order valence-electron chi connectivity index (χ4n) is 5.35. The number of pyridine rings is 2. The van der Waals surface area contributed by atoms with Gasteiger partial charge in [-0.1, -0.05) is 24.3 Å². The Morgan fingerprint density at radius 1 is 1.05 bits per heavy atom. The van der Waals surface area contributed by atoms with Crippen LogP contribution in [0.25, 0.3) is 33.4 Å². The normalized spacial score (nSPS) is 13.6. The number of piperidine rings is 1.